The Labute approximate surface area is 72.6 Å². The van der Waals surface area contributed by atoms with Crippen molar-refractivity contribution in [3.05, 3.63) is 30.1 Å². The molecule has 3 nitrogen and oxygen atoms in total. The lowest BCUT2D eigenvalue weighted by Gasteiger charge is -2.01. The second-order valence-electron chi connectivity index (χ2n) is 2.55. The molecule has 0 spiro atoms. The van der Waals surface area contributed by atoms with Crippen LogP contribution in [0.4, 0.5) is 0 Å². The van der Waals surface area contributed by atoms with Crippen molar-refractivity contribution in [2.45, 2.75) is 13.0 Å². The number of nitrogens with zero attached hydrogens (tertiary/aromatic N) is 1. The molecule has 12 heavy (non-hydrogen) atoms. The Morgan fingerprint density at radius 2 is 2.08 bits per heavy atom. The normalized spacial score (nSPS) is 10.1. The highest BCUT2D eigenvalue weighted by molar-refractivity contribution is 5.07. The fraction of sp³-hybridized carbons (Fsp3) is 0.444. The number of hydrogen-bond acceptors (Lipinski definition) is 3. The number of nitrogens with two attached hydrogens (primary N) is 1. The topological polar surface area (TPSA) is 48.1 Å². The van der Waals surface area contributed by atoms with Gasteiger partial charge in [0, 0.05) is 19.0 Å². The number of hydrogen-bond donors (Lipinski definition) is 1. The maximum Gasteiger partial charge on any atom is 0.0717 e. The summed E-state index contributed by atoms with van der Waals surface area (Å²) in [5.74, 6) is 0. The molecule has 2 N–H and O–H groups in total. The van der Waals surface area contributed by atoms with Gasteiger partial charge in [0.15, 0.2) is 0 Å². The molecule has 0 atom stereocenters. The zero-order valence-corrected chi connectivity index (χ0v) is 7.07. The molecule has 0 radical (unpaired) electrons. The first-order valence-electron chi connectivity index (χ1n) is 4.10. The van der Waals surface area contributed by atoms with Crippen LogP contribution in [0.2, 0.25) is 0 Å². The van der Waals surface area contributed by atoms with Crippen LogP contribution < -0.4 is 5.73 Å². The molecule has 1 aromatic heterocycles. The van der Waals surface area contributed by atoms with Gasteiger partial charge >= 0.3 is 0 Å². The van der Waals surface area contributed by atoms with Gasteiger partial charge in [-0.25, -0.2) is 0 Å². The van der Waals surface area contributed by atoms with Crippen LogP contribution in [-0.2, 0) is 11.3 Å². The summed E-state index contributed by atoms with van der Waals surface area (Å²) in [6.45, 7) is 2.08. The Morgan fingerprint density at radius 1 is 1.33 bits per heavy atom. The summed E-state index contributed by atoms with van der Waals surface area (Å²) >= 11 is 0. The second-order valence-corrected chi connectivity index (χ2v) is 2.55. The van der Waals surface area contributed by atoms with E-state index in [0.717, 1.165) is 18.6 Å². The van der Waals surface area contributed by atoms with Gasteiger partial charge in [0.25, 0.3) is 0 Å². The SMILES string of the molecule is NCCCOCc1ccncc1. The van der Waals surface area contributed by atoms with E-state index < -0.39 is 0 Å². The van der Waals surface area contributed by atoms with Crippen LogP contribution in [0.1, 0.15) is 12.0 Å². The molecule has 1 rings (SSSR count). The summed E-state index contributed by atoms with van der Waals surface area (Å²) in [7, 11) is 0. The molecule has 66 valence electrons. The van der Waals surface area contributed by atoms with E-state index in [9.17, 15) is 0 Å². The summed E-state index contributed by atoms with van der Waals surface area (Å²) in [6.07, 6.45) is 4.45. The summed E-state index contributed by atoms with van der Waals surface area (Å²) in [6, 6.07) is 3.89. The third-order valence-corrected chi connectivity index (χ3v) is 1.51. The lowest BCUT2D eigenvalue weighted by molar-refractivity contribution is 0.120. The van der Waals surface area contributed by atoms with Gasteiger partial charge in [0.1, 0.15) is 0 Å². The summed E-state index contributed by atoms with van der Waals surface area (Å²) in [5, 5.41) is 0. The zero-order valence-electron chi connectivity index (χ0n) is 7.07. The molecule has 0 aliphatic carbocycles. The largest absolute Gasteiger partial charge is 0.377 e. The Hall–Kier alpha value is -0.930. The Bertz CT molecular complexity index is 201. The van der Waals surface area contributed by atoms with Crippen LogP contribution in [-0.4, -0.2) is 18.1 Å². The van der Waals surface area contributed by atoms with E-state index in [-0.39, 0.29) is 0 Å². The molecule has 0 aromatic carbocycles. The van der Waals surface area contributed by atoms with Crippen LogP contribution in [0.25, 0.3) is 0 Å². The van der Waals surface area contributed by atoms with E-state index in [1.165, 1.54) is 0 Å². The van der Waals surface area contributed by atoms with Crippen LogP contribution in [0.15, 0.2) is 24.5 Å². The van der Waals surface area contributed by atoms with E-state index in [1.807, 2.05) is 12.1 Å². The van der Waals surface area contributed by atoms with Crippen molar-refractivity contribution >= 4 is 0 Å². The van der Waals surface area contributed by atoms with E-state index in [4.69, 9.17) is 10.5 Å². The van der Waals surface area contributed by atoms with Gasteiger partial charge in [0.05, 0.1) is 6.61 Å². The highest BCUT2D eigenvalue weighted by Crippen LogP contribution is 1.98. The minimum Gasteiger partial charge on any atom is -0.377 e. The molecule has 0 aliphatic heterocycles. The highest BCUT2D eigenvalue weighted by Gasteiger charge is 1.90. The molecule has 0 bridgehead atoms. The van der Waals surface area contributed by atoms with E-state index in [2.05, 4.69) is 4.98 Å². The molecule has 0 amide bonds. The van der Waals surface area contributed by atoms with Gasteiger partial charge in [-0.2, -0.15) is 0 Å². The predicted octanol–water partition coefficient (Wildman–Crippen LogP) is 0.947. The number of ether oxygens (including phenoxy) is 1. The smallest absolute Gasteiger partial charge is 0.0717 e. The maximum absolute atomic E-state index is 5.35. The standard InChI is InChI=1S/C9H14N2O/c10-4-1-7-12-8-9-2-5-11-6-3-9/h2-3,5-6H,1,4,7-8,10H2. The first kappa shape index (κ1) is 9.16. The summed E-state index contributed by atoms with van der Waals surface area (Å²) < 4.78 is 5.35. The van der Waals surface area contributed by atoms with Crippen molar-refractivity contribution < 1.29 is 4.74 Å². The molecule has 0 saturated heterocycles. The average Bonchev–Trinajstić information content (AvgIpc) is 2.14. The first-order chi connectivity index (χ1) is 5.93. The molecular weight excluding hydrogens is 152 g/mol. The van der Waals surface area contributed by atoms with E-state index in [1.54, 1.807) is 12.4 Å². The predicted molar refractivity (Wildman–Crippen MR) is 47.6 cm³/mol. The first-order valence-corrected chi connectivity index (χ1v) is 4.10. The van der Waals surface area contributed by atoms with Gasteiger partial charge in [-0.05, 0) is 30.7 Å². The van der Waals surface area contributed by atoms with Crippen molar-refractivity contribution in [1.29, 1.82) is 0 Å². The molecule has 3 heteroatoms. The number of rotatable bonds is 5. The molecular formula is C9H14N2O. The summed E-state index contributed by atoms with van der Waals surface area (Å²) in [5.41, 5.74) is 6.47. The lowest BCUT2D eigenvalue weighted by atomic mass is 10.3. The van der Waals surface area contributed by atoms with Crippen molar-refractivity contribution in [2.75, 3.05) is 13.2 Å². The van der Waals surface area contributed by atoms with Gasteiger partial charge in [-0.1, -0.05) is 0 Å². The monoisotopic (exact) mass is 166 g/mol. The minimum absolute atomic E-state index is 0.655. The Balaban J connectivity index is 2.16. The van der Waals surface area contributed by atoms with Gasteiger partial charge < -0.3 is 10.5 Å². The minimum atomic E-state index is 0.655. The Morgan fingerprint density at radius 3 is 2.75 bits per heavy atom. The zero-order chi connectivity index (χ0) is 8.65. The Kier molecular flexibility index (Phi) is 4.34. The number of pyridine rings is 1. The molecule has 0 saturated carbocycles. The molecule has 1 heterocycles. The third kappa shape index (κ3) is 3.46. The quantitative estimate of drug-likeness (QED) is 0.662. The highest BCUT2D eigenvalue weighted by atomic mass is 16.5. The second kappa shape index (κ2) is 5.69. The average molecular weight is 166 g/mol. The van der Waals surface area contributed by atoms with Gasteiger partial charge in [-0.15, -0.1) is 0 Å². The molecule has 0 fully saturated rings. The van der Waals surface area contributed by atoms with Crippen LogP contribution in [0, 0.1) is 0 Å². The number of aromatic nitrogens is 1. The van der Waals surface area contributed by atoms with Crippen molar-refractivity contribution in [3.63, 3.8) is 0 Å². The van der Waals surface area contributed by atoms with Crippen LogP contribution in [0.5, 0.6) is 0 Å². The lowest BCUT2D eigenvalue weighted by Crippen LogP contribution is -2.04. The van der Waals surface area contributed by atoms with Crippen molar-refractivity contribution in [3.8, 4) is 0 Å². The van der Waals surface area contributed by atoms with E-state index >= 15 is 0 Å². The third-order valence-electron chi connectivity index (χ3n) is 1.51. The fourth-order valence-corrected chi connectivity index (χ4v) is 0.854. The van der Waals surface area contributed by atoms with Gasteiger partial charge in [0.2, 0.25) is 0 Å². The molecule has 1 aromatic rings. The summed E-state index contributed by atoms with van der Waals surface area (Å²) in [4.78, 5) is 3.91. The maximum atomic E-state index is 5.35. The fourth-order valence-electron chi connectivity index (χ4n) is 0.854. The van der Waals surface area contributed by atoms with Gasteiger partial charge in [-0.3, -0.25) is 4.98 Å². The van der Waals surface area contributed by atoms with Crippen molar-refractivity contribution in [2.24, 2.45) is 5.73 Å². The van der Waals surface area contributed by atoms with Crippen molar-refractivity contribution in [1.82, 2.24) is 4.98 Å². The van der Waals surface area contributed by atoms with E-state index in [0.29, 0.717) is 13.2 Å². The molecule has 0 unspecified atom stereocenters. The molecule has 0 aliphatic rings. The van der Waals surface area contributed by atoms with Crippen LogP contribution in [0.3, 0.4) is 0 Å². The van der Waals surface area contributed by atoms with Crippen LogP contribution >= 0.6 is 0 Å².